The Morgan fingerprint density at radius 2 is 2.06 bits per heavy atom. The van der Waals surface area contributed by atoms with Gasteiger partial charge in [0.05, 0.1) is 48.7 Å². The zero-order valence-electron chi connectivity index (χ0n) is 16.9. The number of rotatable bonds is 4. The number of anilines is 2. The van der Waals surface area contributed by atoms with Gasteiger partial charge < -0.3 is 24.8 Å². The fourth-order valence-corrected chi connectivity index (χ4v) is 4.28. The molecule has 1 aromatic heterocycles. The molecule has 156 valence electrons. The highest BCUT2D eigenvalue weighted by atomic mass is 16.5. The number of imidazole rings is 1. The number of amides is 2. The number of carbonyl (C=O) groups excluding carboxylic acids is 1. The molecule has 8 heteroatoms. The van der Waals surface area contributed by atoms with Crippen LogP contribution in [0.2, 0.25) is 0 Å². The summed E-state index contributed by atoms with van der Waals surface area (Å²) in [6, 6.07) is 15.5. The van der Waals surface area contributed by atoms with Crippen LogP contribution in [0.3, 0.4) is 0 Å². The minimum Gasteiger partial charge on any atom is -0.378 e. The Morgan fingerprint density at radius 3 is 2.90 bits per heavy atom. The lowest BCUT2D eigenvalue weighted by molar-refractivity contribution is 0.122. The van der Waals surface area contributed by atoms with E-state index in [1.54, 1.807) is 18.5 Å². The van der Waals surface area contributed by atoms with E-state index in [1.165, 1.54) is 5.56 Å². The first-order valence-electron chi connectivity index (χ1n) is 10.3. The molecule has 2 aliphatic heterocycles. The average Bonchev–Trinajstić information content (AvgIpc) is 3.40. The topological polar surface area (TPSA) is 95.2 Å². The second-order valence-corrected chi connectivity index (χ2v) is 7.57. The Balaban J connectivity index is 1.28. The number of carbonyl (C=O) groups is 1. The Labute approximate surface area is 180 Å². The fraction of sp³-hybridized carbons (Fsp3) is 0.261. The predicted molar refractivity (Wildman–Crippen MR) is 117 cm³/mol. The molecule has 3 aromatic rings. The van der Waals surface area contributed by atoms with Gasteiger partial charge in [0.15, 0.2) is 0 Å². The zero-order chi connectivity index (χ0) is 21.2. The molecule has 3 heterocycles. The van der Waals surface area contributed by atoms with Gasteiger partial charge in [0, 0.05) is 30.9 Å². The van der Waals surface area contributed by atoms with Crippen molar-refractivity contribution in [3.8, 4) is 17.3 Å². The highest BCUT2D eigenvalue weighted by Gasteiger charge is 2.28. The first kappa shape index (κ1) is 19.2. The first-order valence-corrected chi connectivity index (χ1v) is 10.3. The molecular weight excluding hydrogens is 392 g/mol. The Hall–Kier alpha value is -3.83. The van der Waals surface area contributed by atoms with E-state index in [4.69, 9.17) is 4.74 Å². The molecule has 2 amide bonds. The predicted octanol–water partition coefficient (Wildman–Crippen LogP) is 2.98. The van der Waals surface area contributed by atoms with Crippen LogP contribution >= 0.6 is 0 Å². The monoisotopic (exact) mass is 414 g/mol. The van der Waals surface area contributed by atoms with Crippen molar-refractivity contribution in [1.29, 1.82) is 5.26 Å². The van der Waals surface area contributed by atoms with E-state index in [1.807, 2.05) is 24.4 Å². The van der Waals surface area contributed by atoms with Crippen LogP contribution in [0.5, 0.6) is 0 Å². The maximum absolute atomic E-state index is 12.6. The summed E-state index contributed by atoms with van der Waals surface area (Å²) in [7, 11) is 0. The summed E-state index contributed by atoms with van der Waals surface area (Å²) in [5.74, 6) is 0. The third-order valence-electron chi connectivity index (χ3n) is 5.78. The number of aromatic nitrogens is 2. The number of ether oxygens (including phenoxy) is 1. The van der Waals surface area contributed by atoms with Crippen molar-refractivity contribution >= 4 is 17.4 Å². The highest BCUT2D eigenvalue weighted by Crippen LogP contribution is 2.38. The molecule has 5 rings (SSSR count). The van der Waals surface area contributed by atoms with E-state index in [2.05, 4.69) is 43.3 Å². The molecule has 1 fully saturated rings. The summed E-state index contributed by atoms with van der Waals surface area (Å²) < 4.78 is 7.49. The van der Waals surface area contributed by atoms with Crippen molar-refractivity contribution in [3.63, 3.8) is 0 Å². The van der Waals surface area contributed by atoms with Gasteiger partial charge in [0.25, 0.3) is 0 Å². The number of urea groups is 1. The number of nitrogens with one attached hydrogen (secondary N) is 2. The number of nitrogens with zero attached hydrogens (tertiary/aromatic N) is 4. The maximum atomic E-state index is 12.6. The van der Waals surface area contributed by atoms with Crippen molar-refractivity contribution in [2.24, 2.45) is 0 Å². The van der Waals surface area contributed by atoms with Gasteiger partial charge in [-0.05, 0) is 23.8 Å². The van der Waals surface area contributed by atoms with Crippen molar-refractivity contribution < 1.29 is 9.53 Å². The normalized spacial score (nSPS) is 16.9. The fourth-order valence-electron chi connectivity index (χ4n) is 4.28. The van der Waals surface area contributed by atoms with E-state index >= 15 is 0 Å². The van der Waals surface area contributed by atoms with E-state index < -0.39 is 0 Å². The second kappa shape index (κ2) is 8.13. The molecule has 0 aliphatic carbocycles. The number of nitriles is 1. The van der Waals surface area contributed by atoms with Gasteiger partial charge in [0.2, 0.25) is 0 Å². The van der Waals surface area contributed by atoms with Gasteiger partial charge >= 0.3 is 6.03 Å². The lowest BCUT2D eigenvalue weighted by Gasteiger charge is -2.29. The molecule has 2 N–H and O–H groups in total. The van der Waals surface area contributed by atoms with Crippen molar-refractivity contribution in [2.75, 3.05) is 43.1 Å². The molecule has 0 radical (unpaired) electrons. The Morgan fingerprint density at radius 1 is 1.23 bits per heavy atom. The molecule has 2 aromatic carbocycles. The minimum absolute atomic E-state index is 0.00401. The first-order chi connectivity index (χ1) is 15.2. The molecule has 8 nitrogen and oxygen atoms in total. The number of hydrogen-bond donors (Lipinski definition) is 2. The van der Waals surface area contributed by atoms with E-state index in [0.717, 1.165) is 30.0 Å². The third-order valence-corrected chi connectivity index (χ3v) is 5.78. The van der Waals surface area contributed by atoms with Gasteiger partial charge in [-0.2, -0.15) is 5.26 Å². The van der Waals surface area contributed by atoms with Gasteiger partial charge in [-0.1, -0.05) is 24.3 Å². The van der Waals surface area contributed by atoms with Crippen molar-refractivity contribution in [2.45, 2.75) is 6.04 Å². The molecule has 31 heavy (non-hydrogen) atoms. The maximum Gasteiger partial charge on any atom is 0.319 e. The lowest BCUT2D eigenvalue weighted by Crippen LogP contribution is -2.37. The van der Waals surface area contributed by atoms with Crippen LogP contribution in [0.25, 0.3) is 11.3 Å². The van der Waals surface area contributed by atoms with Crippen molar-refractivity contribution in [3.05, 3.63) is 66.1 Å². The van der Waals surface area contributed by atoms with Crippen LogP contribution in [-0.4, -0.2) is 48.4 Å². The van der Waals surface area contributed by atoms with Crippen LogP contribution in [0, 0.1) is 11.3 Å². The molecular formula is C23H22N6O2. The quantitative estimate of drug-likeness (QED) is 0.684. The van der Waals surface area contributed by atoms with Gasteiger partial charge in [-0.15, -0.1) is 0 Å². The molecule has 0 saturated carbocycles. The summed E-state index contributed by atoms with van der Waals surface area (Å²) in [6.07, 6.45) is 3.65. The van der Waals surface area contributed by atoms with Crippen LogP contribution in [0.1, 0.15) is 17.2 Å². The van der Waals surface area contributed by atoms with E-state index in [9.17, 15) is 10.1 Å². The number of morpholine rings is 1. The smallest absolute Gasteiger partial charge is 0.319 e. The van der Waals surface area contributed by atoms with E-state index in [-0.39, 0.29) is 12.1 Å². The summed E-state index contributed by atoms with van der Waals surface area (Å²) in [4.78, 5) is 19.0. The number of fused-ring (bicyclic) bond motifs is 3. The summed E-state index contributed by atoms with van der Waals surface area (Å²) >= 11 is 0. The van der Waals surface area contributed by atoms with Gasteiger partial charge in [0.1, 0.15) is 6.07 Å². The number of benzene rings is 2. The highest BCUT2D eigenvalue weighted by molar-refractivity contribution is 5.90. The zero-order valence-corrected chi connectivity index (χ0v) is 16.9. The minimum atomic E-state index is -0.288. The summed E-state index contributed by atoms with van der Waals surface area (Å²) in [5.41, 5.74) is 5.43. The van der Waals surface area contributed by atoms with Crippen LogP contribution < -0.4 is 15.5 Å². The molecule has 1 atom stereocenters. The van der Waals surface area contributed by atoms with Gasteiger partial charge in [-0.3, -0.25) is 0 Å². The summed E-state index contributed by atoms with van der Waals surface area (Å²) in [5, 5.41) is 15.3. The van der Waals surface area contributed by atoms with Gasteiger partial charge in [-0.25, -0.2) is 9.78 Å². The van der Waals surface area contributed by atoms with E-state index in [0.29, 0.717) is 31.0 Å². The lowest BCUT2D eigenvalue weighted by atomic mass is 10.0. The third kappa shape index (κ3) is 3.60. The number of hydrogen-bond acceptors (Lipinski definition) is 5. The molecule has 1 saturated heterocycles. The standard InChI is InChI=1S/C23H22N6O2/c24-12-16-5-6-17(11-20(16)28-7-9-31-10-8-28)27-23(30)26-14-22-19-4-2-1-3-18(19)21-13-25-15-29(21)22/h1-6,11,13,15,22H,7-10,14H2,(H2,26,27,30). The SMILES string of the molecule is N#Cc1ccc(NC(=O)NCC2c3ccccc3-c3cncn32)cc1N1CCOCC1. The molecule has 0 spiro atoms. The summed E-state index contributed by atoms with van der Waals surface area (Å²) in [6.45, 7) is 3.14. The van der Waals surface area contributed by atoms with Crippen molar-refractivity contribution in [1.82, 2.24) is 14.9 Å². The molecule has 1 unspecified atom stereocenters. The second-order valence-electron chi connectivity index (χ2n) is 7.57. The molecule has 2 aliphatic rings. The largest absolute Gasteiger partial charge is 0.378 e. The molecule has 0 bridgehead atoms. The Kier molecular flexibility index (Phi) is 5.02. The average molecular weight is 414 g/mol. The van der Waals surface area contributed by atoms with Crippen LogP contribution in [0.4, 0.5) is 16.2 Å². The van der Waals surface area contributed by atoms with Crippen LogP contribution in [-0.2, 0) is 4.74 Å². The van der Waals surface area contributed by atoms with Crippen LogP contribution in [0.15, 0.2) is 55.0 Å². The Bertz CT molecular complexity index is 1160.